The molecule has 3 heterocycles. The lowest BCUT2D eigenvalue weighted by molar-refractivity contribution is -0.253. The largest absolute Gasteiger partial charge is 0.392 e. The molecule has 0 spiro atoms. The number of benzene rings is 2. The summed E-state index contributed by atoms with van der Waals surface area (Å²) in [6.07, 6.45) is 3.47. The number of rotatable bonds is 8. The summed E-state index contributed by atoms with van der Waals surface area (Å²) in [5, 5.41) is 15.1. The molecular weight excluding hydrogens is 496 g/mol. The van der Waals surface area contributed by atoms with Gasteiger partial charge in [0.05, 0.1) is 18.8 Å². The van der Waals surface area contributed by atoms with E-state index in [0.717, 1.165) is 55.4 Å². The van der Waals surface area contributed by atoms with Gasteiger partial charge in [-0.3, -0.25) is 4.90 Å². The van der Waals surface area contributed by atoms with Gasteiger partial charge in [-0.15, -0.1) is 0 Å². The molecule has 3 aromatic rings. The van der Waals surface area contributed by atoms with E-state index in [2.05, 4.69) is 30.4 Å². The Morgan fingerprint density at radius 1 is 1.00 bits per heavy atom. The van der Waals surface area contributed by atoms with E-state index in [9.17, 15) is 9.90 Å². The topological polar surface area (TPSA) is 112 Å². The van der Waals surface area contributed by atoms with Gasteiger partial charge in [-0.1, -0.05) is 36.4 Å². The van der Waals surface area contributed by atoms with Crippen LogP contribution in [0.25, 0.3) is 0 Å². The van der Waals surface area contributed by atoms with Crippen molar-refractivity contribution >= 4 is 17.7 Å². The number of nitrogens with zero attached hydrogens (tertiary/aromatic N) is 4. The van der Waals surface area contributed by atoms with Crippen molar-refractivity contribution < 1.29 is 19.4 Å². The molecule has 10 heteroatoms. The van der Waals surface area contributed by atoms with E-state index in [1.165, 1.54) is 0 Å². The fraction of sp³-hybridized carbons (Fsp3) is 0.414. The van der Waals surface area contributed by atoms with Gasteiger partial charge in [0.1, 0.15) is 0 Å². The predicted octanol–water partition coefficient (Wildman–Crippen LogP) is 3.48. The lowest BCUT2D eigenvalue weighted by atomic mass is 9.99. The molecule has 2 saturated heterocycles. The Labute approximate surface area is 229 Å². The summed E-state index contributed by atoms with van der Waals surface area (Å²) >= 11 is 0. The zero-order valence-corrected chi connectivity index (χ0v) is 22.2. The highest BCUT2D eigenvalue weighted by molar-refractivity contribution is 5.89. The molecule has 1 aromatic heterocycles. The fourth-order valence-corrected chi connectivity index (χ4v) is 5.00. The number of ether oxygens (including phenoxy) is 2. The Kier molecular flexibility index (Phi) is 9.00. The number of amides is 2. The molecule has 0 bridgehead atoms. The molecule has 0 saturated carbocycles. The summed E-state index contributed by atoms with van der Waals surface area (Å²) in [5.41, 5.74) is 3.43. The average Bonchev–Trinajstić information content (AvgIpc) is 2.98. The van der Waals surface area contributed by atoms with Crippen molar-refractivity contribution in [3.05, 3.63) is 83.7 Å². The van der Waals surface area contributed by atoms with Crippen molar-refractivity contribution in [1.29, 1.82) is 0 Å². The third kappa shape index (κ3) is 7.10. The number of piperazine rings is 1. The van der Waals surface area contributed by atoms with Crippen LogP contribution >= 0.6 is 0 Å². The van der Waals surface area contributed by atoms with Crippen molar-refractivity contribution in [3.8, 4) is 0 Å². The van der Waals surface area contributed by atoms with Gasteiger partial charge in [-0.05, 0) is 36.2 Å². The van der Waals surface area contributed by atoms with Gasteiger partial charge >= 0.3 is 6.03 Å². The minimum absolute atomic E-state index is 0.00552. The number of anilines is 2. The third-order valence-corrected chi connectivity index (χ3v) is 7.04. The smallest absolute Gasteiger partial charge is 0.319 e. The maximum absolute atomic E-state index is 12.1. The number of aliphatic hydroxyl groups is 1. The maximum Gasteiger partial charge on any atom is 0.319 e. The zero-order valence-electron chi connectivity index (χ0n) is 22.2. The molecule has 2 aliphatic heterocycles. The van der Waals surface area contributed by atoms with Gasteiger partial charge < -0.3 is 30.1 Å². The lowest BCUT2D eigenvalue weighted by Crippen LogP contribution is -2.50. The normalized spacial score (nSPS) is 21.9. The average molecular weight is 533 g/mol. The van der Waals surface area contributed by atoms with Gasteiger partial charge in [0.15, 0.2) is 6.29 Å². The summed E-state index contributed by atoms with van der Waals surface area (Å²) in [4.78, 5) is 25.5. The highest BCUT2D eigenvalue weighted by Gasteiger charge is 2.34. The monoisotopic (exact) mass is 532 g/mol. The van der Waals surface area contributed by atoms with E-state index < -0.39 is 6.29 Å². The Bertz CT molecular complexity index is 1200. The Morgan fingerprint density at radius 2 is 1.77 bits per heavy atom. The second-order valence-electron chi connectivity index (χ2n) is 9.80. The zero-order chi connectivity index (χ0) is 27.0. The molecule has 2 amide bonds. The summed E-state index contributed by atoms with van der Waals surface area (Å²) in [6.45, 7) is 6.72. The van der Waals surface area contributed by atoms with Crippen LogP contribution in [-0.2, 0) is 16.1 Å². The van der Waals surface area contributed by atoms with Crippen molar-refractivity contribution in [3.63, 3.8) is 0 Å². The first-order valence-electron chi connectivity index (χ1n) is 13.5. The van der Waals surface area contributed by atoms with E-state index in [4.69, 9.17) is 9.47 Å². The van der Waals surface area contributed by atoms with Gasteiger partial charge in [-0.25, -0.2) is 14.8 Å². The minimum atomic E-state index is -0.582. The molecule has 3 unspecified atom stereocenters. The van der Waals surface area contributed by atoms with Crippen molar-refractivity contribution in [2.75, 3.05) is 49.5 Å². The molecule has 2 fully saturated rings. The summed E-state index contributed by atoms with van der Waals surface area (Å²) in [7, 11) is 0. The predicted molar refractivity (Wildman–Crippen MR) is 148 cm³/mol. The van der Waals surface area contributed by atoms with E-state index >= 15 is 0 Å². The summed E-state index contributed by atoms with van der Waals surface area (Å²) in [5.74, 6) is 0.770. The molecular formula is C29H36N6O4. The van der Waals surface area contributed by atoms with Crippen molar-refractivity contribution in [2.24, 2.45) is 0 Å². The van der Waals surface area contributed by atoms with E-state index in [1.54, 1.807) is 12.4 Å². The number of hydrogen-bond acceptors (Lipinski definition) is 8. The molecule has 0 radical (unpaired) electrons. The van der Waals surface area contributed by atoms with Crippen LogP contribution in [0.15, 0.2) is 67.0 Å². The number of carbonyl (C=O) groups is 1. The van der Waals surface area contributed by atoms with Crippen LogP contribution in [0, 0.1) is 0 Å². The highest BCUT2D eigenvalue weighted by Crippen LogP contribution is 2.38. The van der Waals surface area contributed by atoms with Gasteiger partial charge in [0, 0.05) is 69.3 Å². The van der Waals surface area contributed by atoms with Crippen LogP contribution in [0.4, 0.5) is 16.4 Å². The second-order valence-corrected chi connectivity index (χ2v) is 9.80. The van der Waals surface area contributed by atoms with E-state index in [0.29, 0.717) is 18.7 Å². The fourth-order valence-electron chi connectivity index (χ4n) is 5.00. The van der Waals surface area contributed by atoms with Crippen molar-refractivity contribution in [2.45, 2.75) is 38.4 Å². The molecule has 0 aliphatic carbocycles. The number of urea groups is 1. The summed E-state index contributed by atoms with van der Waals surface area (Å²) in [6, 6.07) is 17.1. The molecule has 10 nitrogen and oxygen atoms in total. The standard InChI is InChI=1S/C29H36N6O4/c1-2-30-29(37)33-24-6-3-5-23(17-24)27-38-25(18-26(39-27)22-9-7-21(20-36)8-10-22)19-34-13-15-35(16-14-34)28-31-11-4-12-32-28/h3-12,17,25-27,36H,2,13-16,18-20H2,1H3,(H2,30,33,37). The van der Waals surface area contributed by atoms with Crippen LogP contribution in [0.5, 0.6) is 0 Å². The molecule has 5 rings (SSSR count). The number of nitrogens with one attached hydrogen (secondary N) is 2. The van der Waals surface area contributed by atoms with Crippen LogP contribution in [0.1, 0.15) is 42.4 Å². The van der Waals surface area contributed by atoms with Gasteiger partial charge in [-0.2, -0.15) is 0 Å². The number of aromatic nitrogens is 2. The van der Waals surface area contributed by atoms with Crippen LogP contribution in [-0.4, -0.2) is 71.4 Å². The maximum atomic E-state index is 12.1. The Morgan fingerprint density at radius 3 is 2.49 bits per heavy atom. The first kappa shape index (κ1) is 27.0. The second kappa shape index (κ2) is 13.0. The first-order chi connectivity index (χ1) is 19.1. The minimum Gasteiger partial charge on any atom is -0.392 e. The number of carbonyl (C=O) groups excluding carboxylic acids is 1. The summed E-state index contributed by atoms with van der Waals surface area (Å²) < 4.78 is 13.0. The van der Waals surface area contributed by atoms with Crippen LogP contribution < -0.4 is 15.5 Å². The molecule has 2 aromatic carbocycles. The SMILES string of the molecule is CCNC(=O)Nc1cccc(C2OC(CN3CCN(c4ncccn4)CC3)CC(c3ccc(CO)cc3)O2)c1. The van der Waals surface area contributed by atoms with Crippen molar-refractivity contribution in [1.82, 2.24) is 20.2 Å². The third-order valence-electron chi connectivity index (χ3n) is 7.04. The quantitative estimate of drug-likeness (QED) is 0.404. The molecule has 3 N–H and O–H groups in total. The van der Waals surface area contributed by atoms with Crippen LogP contribution in [0.2, 0.25) is 0 Å². The first-order valence-corrected chi connectivity index (χ1v) is 13.5. The Balaban J connectivity index is 1.29. The van der Waals surface area contributed by atoms with Gasteiger partial charge in [0.2, 0.25) is 5.95 Å². The van der Waals surface area contributed by atoms with Gasteiger partial charge in [0.25, 0.3) is 0 Å². The lowest BCUT2D eigenvalue weighted by Gasteiger charge is -2.40. The molecule has 2 aliphatic rings. The van der Waals surface area contributed by atoms with E-state index in [-0.39, 0.29) is 24.8 Å². The molecule has 3 atom stereocenters. The highest BCUT2D eigenvalue weighted by atomic mass is 16.7. The van der Waals surface area contributed by atoms with E-state index in [1.807, 2.05) is 61.5 Å². The molecule has 206 valence electrons. The number of aliphatic hydroxyl groups excluding tert-OH is 1. The molecule has 39 heavy (non-hydrogen) atoms. The Hall–Kier alpha value is -3.57. The van der Waals surface area contributed by atoms with Crippen LogP contribution in [0.3, 0.4) is 0 Å². The number of hydrogen-bond donors (Lipinski definition) is 3.